The van der Waals surface area contributed by atoms with Crippen LogP contribution >= 0.6 is 0 Å². The number of ether oxygens (including phenoxy) is 1. The summed E-state index contributed by atoms with van der Waals surface area (Å²) in [4.78, 5) is 14.1. The molecule has 1 aliphatic rings. The number of carbonyl (C=O) groups excluding carboxylic acids is 1. The summed E-state index contributed by atoms with van der Waals surface area (Å²) in [5.74, 6) is -0.152. The number of benzene rings is 2. The number of hydrogen-bond acceptors (Lipinski definition) is 4. The minimum Gasteiger partial charge on any atom is -0.459 e. The summed E-state index contributed by atoms with van der Waals surface area (Å²) in [6, 6.07) is 20.9. The second-order valence-electron chi connectivity index (χ2n) is 8.75. The number of rotatable bonds is 6. The molecule has 0 aromatic heterocycles. The first kappa shape index (κ1) is 20.8. The minimum atomic E-state index is -2.59. The van der Waals surface area contributed by atoms with Gasteiger partial charge in [0.25, 0.3) is 8.32 Å². The zero-order chi connectivity index (χ0) is 20.4. The molecule has 0 aliphatic carbocycles. The van der Waals surface area contributed by atoms with Gasteiger partial charge in [0.05, 0.1) is 6.61 Å². The fraction of sp³-hybridized carbons (Fsp3) is 0.435. The molecule has 1 fully saturated rings. The SMILES string of the molecule is CN(C)[C@H]1C[C@H](CO[Si](c2ccccc2)(c2ccccc2)C(C)(C)C)OC1=O. The van der Waals surface area contributed by atoms with E-state index in [0.717, 1.165) is 0 Å². The van der Waals surface area contributed by atoms with Crippen LogP contribution in [0, 0.1) is 0 Å². The Morgan fingerprint density at radius 2 is 1.50 bits per heavy atom. The van der Waals surface area contributed by atoms with Crippen molar-refractivity contribution in [3.63, 3.8) is 0 Å². The van der Waals surface area contributed by atoms with Crippen LogP contribution in [0.15, 0.2) is 60.7 Å². The van der Waals surface area contributed by atoms with Crippen molar-refractivity contribution in [1.29, 1.82) is 0 Å². The molecular formula is C23H31NO3Si. The molecule has 2 atom stereocenters. The number of nitrogens with zero attached hydrogens (tertiary/aromatic N) is 1. The van der Waals surface area contributed by atoms with Crippen LogP contribution in [-0.4, -0.2) is 52.0 Å². The van der Waals surface area contributed by atoms with Crippen molar-refractivity contribution in [2.24, 2.45) is 0 Å². The Labute approximate surface area is 169 Å². The van der Waals surface area contributed by atoms with Gasteiger partial charge in [-0.15, -0.1) is 0 Å². The number of esters is 1. The van der Waals surface area contributed by atoms with E-state index in [4.69, 9.17) is 9.16 Å². The third-order valence-electron chi connectivity index (χ3n) is 5.57. The number of hydrogen-bond donors (Lipinski definition) is 0. The van der Waals surface area contributed by atoms with E-state index < -0.39 is 8.32 Å². The molecule has 1 aliphatic heterocycles. The van der Waals surface area contributed by atoms with Gasteiger partial charge in [-0.3, -0.25) is 9.69 Å². The zero-order valence-electron chi connectivity index (χ0n) is 17.5. The Morgan fingerprint density at radius 1 is 1.00 bits per heavy atom. The van der Waals surface area contributed by atoms with Crippen LogP contribution in [0.25, 0.3) is 0 Å². The fourth-order valence-corrected chi connectivity index (χ4v) is 8.73. The molecule has 0 saturated carbocycles. The van der Waals surface area contributed by atoms with Crippen molar-refractivity contribution < 1.29 is 14.0 Å². The third-order valence-corrected chi connectivity index (χ3v) is 10.6. The summed E-state index contributed by atoms with van der Waals surface area (Å²) in [5.41, 5.74) is 0. The topological polar surface area (TPSA) is 38.8 Å². The second-order valence-corrected chi connectivity index (χ2v) is 13.1. The van der Waals surface area contributed by atoms with E-state index in [9.17, 15) is 4.79 Å². The van der Waals surface area contributed by atoms with E-state index in [1.165, 1.54) is 10.4 Å². The molecule has 0 radical (unpaired) electrons. The molecule has 2 aromatic carbocycles. The Bertz CT molecular complexity index is 747. The van der Waals surface area contributed by atoms with Crippen LogP contribution in [-0.2, 0) is 14.0 Å². The summed E-state index contributed by atoms with van der Waals surface area (Å²) < 4.78 is 12.5. The van der Waals surface area contributed by atoms with Crippen LogP contribution < -0.4 is 10.4 Å². The average molecular weight is 398 g/mol. The molecule has 1 saturated heterocycles. The van der Waals surface area contributed by atoms with Crippen molar-refractivity contribution in [2.45, 2.75) is 44.4 Å². The molecule has 150 valence electrons. The van der Waals surface area contributed by atoms with E-state index in [1.807, 2.05) is 31.1 Å². The smallest absolute Gasteiger partial charge is 0.323 e. The first-order valence-corrected chi connectivity index (χ1v) is 11.8. The highest BCUT2D eigenvalue weighted by molar-refractivity contribution is 6.99. The average Bonchev–Trinajstić information content (AvgIpc) is 3.04. The van der Waals surface area contributed by atoms with Gasteiger partial charge in [-0.25, -0.2) is 0 Å². The fourth-order valence-electron chi connectivity index (χ4n) is 4.14. The maximum atomic E-state index is 12.2. The van der Waals surface area contributed by atoms with E-state index >= 15 is 0 Å². The maximum Gasteiger partial charge on any atom is 0.323 e. The Balaban J connectivity index is 1.97. The highest BCUT2D eigenvalue weighted by Crippen LogP contribution is 2.37. The number of cyclic esters (lactones) is 1. The van der Waals surface area contributed by atoms with Crippen molar-refractivity contribution in [1.82, 2.24) is 4.90 Å². The van der Waals surface area contributed by atoms with Crippen molar-refractivity contribution in [3.05, 3.63) is 60.7 Å². The van der Waals surface area contributed by atoms with E-state index in [-0.39, 0.29) is 23.2 Å². The Hall–Kier alpha value is -1.95. The number of likely N-dealkylation sites (N-methyl/N-ethyl adjacent to an activating group) is 1. The van der Waals surface area contributed by atoms with Crippen LogP contribution in [0.3, 0.4) is 0 Å². The highest BCUT2D eigenvalue weighted by Gasteiger charge is 2.51. The van der Waals surface area contributed by atoms with Gasteiger partial charge in [0.2, 0.25) is 0 Å². The molecule has 0 spiro atoms. The molecule has 0 bridgehead atoms. The lowest BCUT2D eigenvalue weighted by Gasteiger charge is -2.43. The first-order valence-electron chi connectivity index (χ1n) is 9.87. The van der Waals surface area contributed by atoms with Crippen LogP contribution in [0.4, 0.5) is 0 Å². The lowest BCUT2D eigenvalue weighted by molar-refractivity contribution is -0.145. The summed E-state index contributed by atoms with van der Waals surface area (Å²) in [7, 11) is 1.24. The molecule has 1 heterocycles. The lowest BCUT2D eigenvalue weighted by Crippen LogP contribution is -2.67. The third kappa shape index (κ3) is 3.92. The predicted octanol–water partition coefficient (Wildman–Crippen LogP) is 2.81. The molecule has 2 aromatic rings. The molecule has 3 rings (SSSR count). The van der Waals surface area contributed by atoms with Crippen molar-refractivity contribution in [3.8, 4) is 0 Å². The Kier molecular flexibility index (Phi) is 6.08. The molecule has 5 heteroatoms. The van der Waals surface area contributed by atoms with Crippen LogP contribution in [0.1, 0.15) is 27.2 Å². The van der Waals surface area contributed by atoms with Gasteiger partial charge in [-0.1, -0.05) is 81.4 Å². The molecule has 0 amide bonds. The molecule has 0 N–H and O–H groups in total. The van der Waals surface area contributed by atoms with Gasteiger partial charge in [0.15, 0.2) is 0 Å². The standard InChI is InChI=1S/C23H31NO3Si/c1-23(2,3)28(19-12-8-6-9-13-19,20-14-10-7-11-15-20)26-17-18-16-21(24(4)5)22(25)27-18/h6-15,18,21H,16-17H2,1-5H3/t18-,21+/m1/s1. The Morgan fingerprint density at radius 3 is 1.89 bits per heavy atom. The summed E-state index contributed by atoms with van der Waals surface area (Å²) in [6.45, 7) is 7.18. The summed E-state index contributed by atoms with van der Waals surface area (Å²) >= 11 is 0. The normalized spacial score (nSPS) is 20.4. The monoisotopic (exact) mass is 397 g/mol. The minimum absolute atomic E-state index is 0.0841. The van der Waals surface area contributed by atoms with Gasteiger partial charge < -0.3 is 9.16 Å². The van der Waals surface area contributed by atoms with Gasteiger partial charge in [0.1, 0.15) is 12.1 Å². The van der Waals surface area contributed by atoms with Crippen LogP contribution in [0.5, 0.6) is 0 Å². The largest absolute Gasteiger partial charge is 0.459 e. The lowest BCUT2D eigenvalue weighted by atomic mass is 10.2. The summed E-state index contributed by atoms with van der Waals surface area (Å²) in [5, 5.41) is 2.39. The van der Waals surface area contributed by atoms with Gasteiger partial charge in [-0.05, 0) is 29.5 Å². The van der Waals surface area contributed by atoms with Gasteiger partial charge >= 0.3 is 5.97 Å². The number of carbonyl (C=O) groups is 1. The summed E-state index contributed by atoms with van der Waals surface area (Å²) in [6.07, 6.45) is 0.464. The van der Waals surface area contributed by atoms with Crippen LogP contribution in [0.2, 0.25) is 5.04 Å². The van der Waals surface area contributed by atoms with Gasteiger partial charge in [-0.2, -0.15) is 0 Å². The molecule has 28 heavy (non-hydrogen) atoms. The first-order chi connectivity index (χ1) is 13.3. The maximum absolute atomic E-state index is 12.2. The van der Waals surface area contributed by atoms with Crippen molar-refractivity contribution in [2.75, 3.05) is 20.7 Å². The zero-order valence-corrected chi connectivity index (χ0v) is 18.5. The van der Waals surface area contributed by atoms with E-state index in [0.29, 0.717) is 13.0 Å². The molecular weight excluding hydrogens is 366 g/mol. The molecule has 4 nitrogen and oxygen atoms in total. The predicted molar refractivity (Wildman–Crippen MR) is 116 cm³/mol. The van der Waals surface area contributed by atoms with Crippen molar-refractivity contribution >= 4 is 24.7 Å². The van der Waals surface area contributed by atoms with E-state index in [1.54, 1.807) is 0 Å². The molecule has 0 unspecified atom stereocenters. The second kappa shape index (κ2) is 8.19. The van der Waals surface area contributed by atoms with E-state index in [2.05, 4.69) is 69.3 Å². The quantitative estimate of drug-likeness (QED) is 0.555. The van der Waals surface area contributed by atoms with Gasteiger partial charge in [0, 0.05) is 6.42 Å². The highest BCUT2D eigenvalue weighted by atomic mass is 28.4.